The van der Waals surface area contributed by atoms with Gasteiger partial charge in [-0.3, -0.25) is 4.99 Å². The van der Waals surface area contributed by atoms with Crippen molar-refractivity contribution in [2.45, 2.75) is 6.92 Å². The van der Waals surface area contributed by atoms with Gasteiger partial charge in [-0.2, -0.15) is 0 Å². The van der Waals surface area contributed by atoms with Crippen molar-refractivity contribution < 1.29 is 9.13 Å². The molecule has 0 amide bonds. The van der Waals surface area contributed by atoms with E-state index in [0.29, 0.717) is 5.49 Å². The van der Waals surface area contributed by atoms with Crippen LogP contribution in [0.4, 0.5) is 4.39 Å². The second-order valence-corrected chi connectivity index (χ2v) is 2.85. The highest BCUT2D eigenvalue weighted by atomic mass is 19.1. The number of allylic oxidation sites excluding steroid dienone is 1. The molecule has 3 nitrogen and oxygen atoms in total. The Morgan fingerprint density at radius 2 is 2.29 bits per heavy atom. The van der Waals surface area contributed by atoms with Crippen molar-refractivity contribution in [3.05, 3.63) is 30.1 Å². The molecule has 0 fully saturated rings. The van der Waals surface area contributed by atoms with E-state index in [1.54, 1.807) is 17.8 Å². The molecule has 14 heavy (non-hydrogen) atoms. The van der Waals surface area contributed by atoms with Gasteiger partial charge in [0.1, 0.15) is 0 Å². The average molecular weight is 196 g/mol. The molecule has 0 radical (unpaired) electrons. The molecule has 0 saturated carbocycles. The molecular weight excluding hydrogens is 183 g/mol. The minimum Gasteiger partial charge on any atom is -0.490 e. The van der Waals surface area contributed by atoms with Crippen molar-refractivity contribution in [1.29, 1.82) is 0 Å². The molecule has 4 heteroatoms. The number of pyridine rings is 1. The highest BCUT2D eigenvalue weighted by molar-refractivity contribution is 5.39. The van der Waals surface area contributed by atoms with Crippen LogP contribution >= 0.6 is 0 Å². The van der Waals surface area contributed by atoms with Gasteiger partial charge in [-0.25, -0.2) is 4.39 Å². The maximum atomic E-state index is 13.3. The third-order valence-corrected chi connectivity index (χ3v) is 1.85. The standard InChI is InChI=1S/C10H13FN2O/c1-7(2)13-6-5-8(11)9(14-4)10(13)12-3/h5-6H,1H2,2-4H3. The van der Waals surface area contributed by atoms with Crippen LogP contribution in [-0.4, -0.2) is 18.7 Å². The molecule has 0 atom stereocenters. The van der Waals surface area contributed by atoms with Crippen LogP contribution in [0.5, 0.6) is 5.75 Å². The Hall–Kier alpha value is -1.58. The summed E-state index contributed by atoms with van der Waals surface area (Å²) in [7, 11) is 2.99. The second-order valence-electron chi connectivity index (χ2n) is 2.85. The molecule has 1 rings (SSSR count). The number of hydrogen-bond acceptors (Lipinski definition) is 2. The van der Waals surface area contributed by atoms with Crippen LogP contribution < -0.4 is 10.2 Å². The van der Waals surface area contributed by atoms with Crippen LogP contribution in [0.2, 0.25) is 0 Å². The van der Waals surface area contributed by atoms with Crippen molar-refractivity contribution in [3.8, 4) is 5.75 Å². The first kappa shape index (κ1) is 10.5. The van der Waals surface area contributed by atoms with Gasteiger partial charge in [0.25, 0.3) is 0 Å². The number of aromatic nitrogens is 1. The minimum atomic E-state index is -0.425. The lowest BCUT2D eigenvalue weighted by Crippen LogP contribution is -2.21. The SMILES string of the molecule is C=C(C)n1ccc(F)c(OC)c1=NC. The summed E-state index contributed by atoms with van der Waals surface area (Å²) in [5.41, 5.74) is 1.18. The van der Waals surface area contributed by atoms with Gasteiger partial charge in [0.2, 0.25) is 0 Å². The molecule has 0 saturated heterocycles. The predicted octanol–water partition coefficient (Wildman–Crippen LogP) is 1.66. The monoisotopic (exact) mass is 196 g/mol. The van der Waals surface area contributed by atoms with Gasteiger partial charge in [0, 0.05) is 18.9 Å². The first-order valence-electron chi connectivity index (χ1n) is 4.15. The van der Waals surface area contributed by atoms with E-state index in [0.717, 1.165) is 5.70 Å². The van der Waals surface area contributed by atoms with E-state index in [9.17, 15) is 4.39 Å². The van der Waals surface area contributed by atoms with E-state index in [1.807, 2.05) is 6.92 Å². The maximum absolute atomic E-state index is 13.3. The molecule has 0 N–H and O–H groups in total. The molecular formula is C10H13FN2O. The summed E-state index contributed by atoms with van der Waals surface area (Å²) in [4.78, 5) is 3.96. The predicted molar refractivity (Wildman–Crippen MR) is 53.4 cm³/mol. The summed E-state index contributed by atoms with van der Waals surface area (Å²) in [6, 6.07) is 1.32. The lowest BCUT2D eigenvalue weighted by atomic mass is 10.4. The summed E-state index contributed by atoms with van der Waals surface area (Å²) < 4.78 is 19.8. The maximum Gasteiger partial charge on any atom is 0.197 e. The Kier molecular flexibility index (Phi) is 3.06. The zero-order chi connectivity index (χ0) is 10.7. The van der Waals surface area contributed by atoms with Gasteiger partial charge >= 0.3 is 0 Å². The lowest BCUT2D eigenvalue weighted by molar-refractivity contribution is 0.375. The summed E-state index contributed by atoms with van der Waals surface area (Å²) in [5.74, 6) is -0.288. The van der Waals surface area contributed by atoms with Gasteiger partial charge in [0.15, 0.2) is 17.1 Å². The molecule has 1 aromatic heterocycles. The smallest absolute Gasteiger partial charge is 0.197 e. The quantitative estimate of drug-likeness (QED) is 0.706. The van der Waals surface area contributed by atoms with Crippen molar-refractivity contribution in [3.63, 3.8) is 0 Å². The molecule has 0 unspecified atom stereocenters. The fraction of sp³-hybridized carbons (Fsp3) is 0.300. The van der Waals surface area contributed by atoms with Crippen LogP contribution in [0.1, 0.15) is 6.92 Å². The van der Waals surface area contributed by atoms with Crippen LogP contribution in [0.15, 0.2) is 23.8 Å². The lowest BCUT2D eigenvalue weighted by Gasteiger charge is -2.09. The summed E-state index contributed by atoms with van der Waals surface area (Å²) in [6.45, 7) is 5.58. The molecule has 0 spiro atoms. The highest BCUT2D eigenvalue weighted by Gasteiger charge is 2.07. The van der Waals surface area contributed by atoms with E-state index in [-0.39, 0.29) is 5.75 Å². The largest absolute Gasteiger partial charge is 0.490 e. The summed E-state index contributed by atoms with van der Waals surface area (Å²) in [6.07, 6.45) is 1.57. The first-order valence-corrected chi connectivity index (χ1v) is 4.15. The van der Waals surface area contributed by atoms with Crippen molar-refractivity contribution >= 4 is 5.70 Å². The number of methoxy groups -OCH3 is 1. The topological polar surface area (TPSA) is 26.5 Å². The van der Waals surface area contributed by atoms with Gasteiger partial charge in [0.05, 0.1) is 7.11 Å². The van der Waals surface area contributed by atoms with Crippen molar-refractivity contribution in [1.82, 2.24) is 4.57 Å². The Balaban J connectivity index is 3.58. The van der Waals surface area contributed by atoms with E-state index in [2.05, 4.69) is 11.6 Å². The van der Waals surface area contributed by atoms with Gasteiger partial charge in [-0.05, 0) is 13.0 Å². The fourth-order valence-electron chi connectivity index (χ4n) is 1.21. The van der Waals surface area contributed by atoms with Crippen molar-refractivity contribution in [2.75, 3.05) is 14.2 Å². The van der Waals surface area contributed by atoms with Gasteiger partial charge < -0.3 is 9.30 Å². The second kappa shape index (κ2) is 4.09. The molecule has 0 bridgehead atoms. The summed E-state index contributed by atoms with van der Waals surface area (Å²) in [5, 5.41) is 0. The Labute approximate surface area is 82.2 Å². The first-order chi connectivity index (χ1) is 6.61. The normalized spacial score (nSPS) is 11.6. The summed E-state index contributed by atoms with van der Waals surface area (Å²) >= 11 is 0. The van der Waals surface area contributed by atoms with Crippen molar-refractivity contribution in [2.24, 2.45) is 4.99 Å². The molecule has 0 aliphatic heterocycles. The zero-order valence-corrected chi connectivity index (χ0v) is 8.54. The third-order valence-electron chi connectivity index (χ3n) is 1.85. The zero-order valence-electron chi connectivity index (χ0n) is 8.54. The number of nitrogens with zero attached hydrogens (tertiary/aromatic N) is 2. The van der Waals surface area contributed by atoms with Crippen LogP contribution in [0, 0.1) is 5.82 Å². The Morgan fingerprint density at radius 3 is 2.71 bits per heavy atom. The molecule has 0 aliphatic rings. The molecule has 76 valence electrons. The molecule has 0 aliphatic carbocycles. The van der Waals surface area contributed by atoms with Crippen LogP contribution in [0.3, 0.4) is 0 Å². The Morgan fingerprint density at radius 1 is 1.64 bits per heavy atom. The number of hydrogen-bond donors (Lipinski definition) is 0. The van der Waals surface area contributed by atoms with Crippen LogP contribution in [-0.2, 0) is 0 Å². The number of rotatable bonds is 2. The van der Waals surface area contributed by atoms with Gasteiger partial charge in [-0.15, -0.1) is 0 Å². The Bertz CT molecular complexity index is 421. The highest BCUT2D eigenvalue weighted by Crippen LogP contribution is 2.10. The van der Waals surface area contributed by atoms with E-state index < -0.39 is 5.82 Å². The number of ether oxygens (including phenoxy) is 1. The third kappa shape index (κ3) is 1.69. The average Bonchev–Trinajstić information content (AvgIpc) is 2.16. The minimum absolute atomic E-state index is 0.137. The molecule has 1 aromatic rings. The van der Waals surface area contributed by atoms with Gasteiger partial charge in [-0.1, -0.05) is 6.58 Å². The molecule has 0 aromatic carbocycles. The van der Waals surface area contributed by atoms with E-state index >= 15 is 0 Å². The molecule has 1 heterocycles. The fourth-order valence-corrected chi connectivity index (χ4v) is 1.21. The number of halogens is 1. The van der Waals surface area contributed by atoms with Crippen LogP contribution in [0.25, 0.3) is 5.70 Å². The van der Waals surface area contributed by atoms with E-state index in [4.69, 9.17) is 4.74 Å². The van der Waals surface area contributed by atoms with E-state index in [1.165, 1.54) is 13.2 Å².